The number of anilines is 1. The van der Waals surface area contributed by atoms with Crippen LogP contribution in [0.2, 0.25) is 0 Å². The first kappa shape index (κ1) is 18.9. The molecule has 3 aromatic rings. The van der Waals surface area contributed by atoms with E-state index >= 15 is 0 Å². The fraction of sp³-hybridized carbons (Fsp3) is 0.250. The molecule has 10 nitrogen and oxygen atoms in total. The summed E-state index contributed by atoms with van der Waals surface area (Å²) in [4.78, 5) is 12.8. The number of hydrogen-bond donors (Lipinski definition) is 2. The molecule has 1 amide bonds. The van der Waals surface area contributed by atoms with Crippen LogP contribution in [-0.4, -0.2) is 62.0 Å². The lowest BCUT2D eigenvalue weighted by Gasteiger charge is -2.24. The van der Waals surface area contributed by atoms with Gasteiger partial charge in [-0.05, 0) is 51.9 Å². The highest BCUT2D eigenvalue weighted by atomic mass is 79.9. The summed E-state index contributed by atoms with van der Waals surface area (Å²) in [7, 11) is -4.17. The van der Waals surface area contributed by atoms with Gasteiger partial charge in [-0.1, -0.05) is 28.1 Å². The highest BCUT2D eigenvalue weighted by molar-refractivity contribution is 9.10. The van der Waals surface area contributed by atoms with Crippen LogP contribution in [0.15, 0.2) is 47.2 Å². The maximum absolute atomic E-state index is 12.8. The van der Waals surface area contributed by atoms with Crippen molar-refractivity contribution in [3.05, 3.63) is 47.2 Å². The Labute approximate surface area is 168 Å². The lowest BCUT2D eigenvalue weighted by molar-refractivity contribution is -0.121. The fourth-order valence-electron chi connectivity index (χ4n) is 3.19. The number of rotatable bonds is 4. The molecule has 28 heavy (non-hydrogen) atoms. The first-order valence-corrected chi connectivity index (χ1v) is 10.5. The summed E-state index contributed by atoms with van der Waals surface area (Å²) in [6, 6.07) is 9.78. The molecule has 12 heteroatoms. The van der Waals surface area contributed by atoms with E-state index in [1.165, 1.54) is 0 Å². The number of halogens is 1. The predicted octanol–water partition coefficient (Wildman–Crippen LogP) is 0.756. The first-order chi connectivity index (χ1) is 13.4. The van der Waals surface area contributed by atoms with Crippen LogP contribution in [0.5, 0.6) is 0 Å². The third-order valence-electron chi connectivity index (χ3n) is 4.52. The summed E-state index contributed by atoms with van der Waals surface area (Å²) < 4.78 is 27.7. The second kappa shape index (κ2) is 7.20. The first-order valence-electron chi connectivity index (χ1n) is 8.30. The molecule has 1 aliphatic rings. The third-order valence-corrected chi connectivity index (χ3v) is 6.66. The number of nitrogens with zero attached hydrogens (tertiary/aromatic N) is 5. The molecule has 0 spiro atoms. The molecule has 1 aromatic heterocycles. The number of carbonyl (C=O) groups is 1. The van der Waals surface area contributed by atoms with Crippen molar-refractivity contribution < 1.29 is 18.3 Å². The Morgan fingerprint density at radius 1 is 1.21 bits per heavy atom. The summed E-state index contributed by atoms with van der Waals surface area (Å²) in [5, 5.41) is 24.8. The number of hydrogen-bond acceptors (Lipinski definition) is 7. The number of amides is 1. The van der Waals surface area contributed by atoms with Crippen LogP contribution < -0.4 is 5.32 Å². The van der Waals surface area contributed by atoms with E-state index < -0.39 is 28.3 Å². The fourth-order valence-corrected chi connectivity index (χ4v) is 4.93. The number of aromatic nitrogens is 4. The average Bonchev–Trinajstić information content (AvgIpc) is 3.32. The molecular formula is C16H15BrN6O4S. The maximum atomic E-state index is 12.8. The van der Waals surface area contributed by atoms with Crippen LogP contribution in [0.3, 0.4) is 0 Å². The Morgan fingerprint density at radius 3 is 2.71 bits per heavy atom. The van der Waals surface area contributed by atoms with Crippen molar-refractivity contribution in [3.63, 3.8) is 0 Å². The van der Waals surface area contributed by atoms with Crippen molar-refractivity contribution in [3.8, 4) is 0 Å². The van der Waals surface area contributed by atoms with Gasteiger partial charge in [-0.15, -0.1) is 9.19 Å². The molecule has 2 N–H and O–H groups in total. The van der Waals surface area contributed by atoms with Gasteiger partial charge in [0, 0.05) is 16.7 Å². The predicted molar refractivity (Wildman–Crippen MR) is 104 cm³/mol. The molecule has 4 rings (SSSR count). The minimum Gasteiger partial charge on any atom is -0.391 e. The van der Waals surface area contributed by atoms with Crippen molar-refractivity contribution in [1.82, 2.24) is 23.9 Å². The molecule has 1 aliphatic heterocycles. The number of tetrazole rings is 1. The third kappa shape index (κ3) is 3.39. The topological polar surface area (TPSA) is 130 Å². The van der Waals surface area contributed by atoms with Crippen molar-refractivity contribution in [2.24, 2.45) is 0 Å². The molecule has 0 radical (unpaired) electrons. The number of fused-ring (bicyclic) bond motifs is 1. The summed E-state index contributed by atoms with van der Waals surface area (Å²) in [6.07, 6.45) is -0.0792. The van der Waals surface area contributed by atoms with Crippen LogP contribution in [0.1, 0.15) is 6.42 Å². The lowest BCUT2D eigenvalue weighted by Crippen LogP contribution is -2.49. The van der Waals surface area contributed by atoms with Gasteiger partial charge in [-0.25, -0.2) is 0 Å². The van der Waals surface area contributed by atoms with E-state index in [2.05, 4.69) is 36.8 Å². The van der Waals surface area contributed by atoms with E-state index in [-0.39, 0.29) is 13.0 Å². The lowest BCUT2D eigenvalue weighted by atomic mass is 10.1. The summed E-state index contributed by atoms with van der Waals surface area (Å²) in [5.41, 5.74) is 0.499. The second-order valence-corrected chi connectivity index (χ2v) is 8.95. The van der Waals surface area contributed by atoms with Gasteiger partial charge in [-0.3, -0.25) is 4.79 Å². The van der Waals surface area contributed by atoms with Crippen molar-refractivity contribution in [2.75, 3.05) is 11.9 Å². The van der Waals surface area contributed by atoms with Gasteiger partial charge >= 0.3 is 10.2 Å². The van der Waals surface area contributed by atoms with Gasteiger partial charge in [0.15, 0.2) is 6.33 Å². The van der Waals surface area contributed by atoms with Crippen molar-refractivity contribution in [2.45, 2.75) is 18.6 Å². The molecule has 1 saturated heterocycles. The number of nitrogens with one attached hydrogen (secondary N) is 1. The van der Waals surface area contributed by atoms with Gasteiger partial charge in [-0.2, -0.15) is 12.7 Å². The monoisotopic (exact) mass is 466 g/mol. The standard InChI is InChI=1S/C16H15BrN6O4S/c17-12-3-1-11-8-13(4-2-10(11)7-12)19-16(25)15-14(24)5-6-22(15)28(26,27)23-9-18-20-21-23/h1-4,7-9,14-15,24H,5-6H2,(H,19,25)/t14-,15+/m1/s1. The minimum absolute atomic E-state index is 0.0206. The quantitative estimate of drug-likeness (QED) is 0.579. The Bertz CT molecular complexity index is 1140. The number of carbonyl (C=O) groups excluding carboxylic acids is 1. The van der Waals surface area contributed by atoms with E-state index in [4.69, 9.17) is 0 Å². The molecule has 0 saturated carbocycles. The molecule has 0 bridgehead atoms. The Balaban J connectivity index is 1.60. The Hall–Kier alpha value is -2.41. The van der Waals surface area contributed by atoms with Crippen LogP contribution in [-0.2, 0) is 15.0 Å². The average molecular weight is 467 g/mol. The SMILES string of the molecule is O=C(Nc1ccc2cc(Br)ccc2c1)[C@@H]1[C@H](O)CCN1S(=O)(=O)n1cnnn1. The van der Waals surface area contributed by atoms with Gasteiger partial charge in [0.1, 0.15) is 6.04 Å². The highest BCUT2D eigenvalue weighted by Crippen LogP contribution is 2.26. The Morgan fingerprint density at radius 2 is 1.96 bits per heavy atom. The van der Waals surface area contributed by atoms with Crippen LogP contribution in [0.4, 0.5) is 5.69 Å². The van der Waals surface area contributed by atoms with Crippen molar-refractivity contribution >= 4 is 48.5 Å². The van der Waals surface area contributed by atoms with E-state index in [1.807, 2.05) is 24.3 Å². The van der Waals surface area contributed by atoms with Gasteiger partial charge < -0.3 is 10.4 Å². The summed E-state index contributed by atoms with van der Waals surface area (Å²) in [6.45, 7) is -0.0206. The smallest absolute Gasteiger partial charge is 0.326 e. The zero-order valence-electron chi connectivity index (χ0n) is 14.3. The molecule has 1 fully saturated rings. The van der Waals surface area contributed by atoms with Gasteiger partial charge in [0.05, 0.1) is 6.10 Å². The normalized spacial score (nSPS) is 20.5. The number of aliphatic hydroxyl groups excluding tert-OH is 1. The molecule has 0 unspecified atom stereocenters. The van der Waals surface area contributed by atoms with Gasteiger partial charge in [0.25, 0.3) is 0 Å². The molecule has 146 valence electrons. The van der Waals surface area contributed by atoms with Gasteiger partial charge in [0.2, 0.25) is 5.91 Å². The van der Waals surface area contributed by atoms with Crippen molar-refractivity contribution in [1.29, 1.82) is 0 Å². The summed E-state index contributed by atoms with van der Waals surface area (Å²) >= 11 is 3.41. The molecule has 2 atom stereocenters. The van der Waals surface area contributed by atoms with E-state index in [0.29, 0.717) is 9.77 Å². The summed E-state index contributed by atoms with van der Waals surface area (Å²) in [5.74, 6) is -0.627. The Kier molecular flexibility index (Phi) is 4.87. The molecule has 2 aromatic carbocycles. The van der Waals surface area contributed by atoms with Crippen LogP contribution >= 0.6 is 15.9 Å². The van der Waals surface area contributed by atoms with E-state index in [0.717, 1.165) is 25.9 Å². The second-order valence-electron chi connectivity index (χ2n) is 6.30. The number of benzene rings is 2. The van der Waals surface area contributed by atoms with Crippen LogP contribution in [0.25, 0.3) is 10.8 Å². The van der Waals surface area contributed by atoms with E-state index in [1.54, 1.807) is 12.1 Å². The molecule has 0 aliphatic carbocycles. The zero-order valence-corrected chi connectivity index (χ0v) is 16.7. The molecule has 2 heterocycles. The largest absolute Gasteiger partial charge is 0.391 e. The number of aliphatic hydroxyl groups is 1. The highest BCUT2D eigenvalue weighted by Gasteiger charge is 2.45. The van der Waals surface area contributed by atoms with E-state index in [9.17, 15) is 18.3 Å². The zero-order chi connectivity index (χ0) is 19.9. The van der Waals surface area contributed by atoms with Crippen LogP contribution in [0, 0.1) is 0 Å². The maximum Gasteiger partial charge on any atom is 0.326 e. The molecular weight excluding hydrogens is 452 g/mol. The minimum atomic E-state index is -4.17.